The minimum absolute atomic E-state index is 0.0220. The number of hydrogen-bond donors (Lipinski definition) is 1. The Morgan fingerprint density at radius 3 is 3.08 bits per heavy atom. The van der Waals surface area contributed by atoms with Gasteiger partial charge in [-0.25, -0.2) is 9.78 Å². The molecule has 2 aromatic rings. The maximum atomic E-state index is 12.3. The quantitative estimate of drug-likeness (QED) is 0.923. The molecule has 0 bridgehead atoms. The number of ether oxygens (including phenoxy) is 3. The lowest BCUT2D eigenvalue weighted by Crippen LogP contribution is -2.39. The number of likely N-dealkylation sites (tertiary alicyclic amines) is 1. The van der Waals surface area contributed by atoms with Gasteiger partial charge >= 0.3 is 6.03 Å². The average molecular weight is 341 g/mol. The van der Waals surface area contributed by atoms with Crippen molar-refractivity contribution in [2.45, 2.75) is 19.1 Å². The van der Waals surface area contributed by atoms with E-state index in [0.29, 0.717) is 25.5 Å². The zero-order valence-corrected chi connectivity index (χ0v) is 13.7. The van der Waals surface area contributed by atoms with Crippen molar-refractivity contribution in [1.29, 1.82) is 0 Å². The standard InChI is InChI=1S/C18H19N3O4/c22-18(20-10-13-4-5-15-16(9-13)24-12-23-15)21-8-6-14(11-21)25-17-3-1-2-7-19-17/h1-5,7,9,14H,6,8,10-12H2,(H,20,22)/t14-/m0/s1. The fourth-order valence-corrected chi connectivity index (χ4v) is 2.94. The third-order valence-electron chi connectivity index (χ3n) is 4.24. The Morgan fingerprint density at radius 1 is 1.28 bits per heavy atom. The van der Waals surface area contributed by atoms with Crippen LogP contribution in [-0.2, 0) is 6.54 Å². The summed E-state index contributed by atoms with van der Waals surface area (Å²) in [5, 5.41) is 2.94. The van der Waals surface area contributed by atoms with Gasteiger partial charge in [-0.05, 0) is 23.8 Å². The molecule has 3 heterocycles. The van der Waals surface area contributed by atoms with Gasteiger partial charge in [0.05, 0.1) is 6.54 Å². The Morgan fingerprint density at radius 2 is 2.20 bits per heavy atom. The third kappa shape index (κ3) is 3.60. The predicted octanol–water partition coefficient (Wildman–Crippen LogP) is 2.17. The maximum absolute atomic E-state index is 12.3. The highest BCUT2D eigenvalue weighted by Gasteiger charge is 2.27. The number of nitrogens with one attached hydrogen (secondary N) is 1. The Bertz CT molecular complexity index is 753. The zero-order valence-electron chi connectivity index (χ0n) is 13.7. The van der Waals surface area contributed by atoms with E-state index in [9.17, 15) is 4.79 Å². The first kappa shape index (κ1) is 15.6. The number of aromatic nitrogens is 1. The second-order valence-electron chi connectivity index (χ2n) is 5.99. The number of nitrogens with zero attached hydrogens (tertiary/aromatic N) is 2. The van der Waals surface area contributed by atoms with Crippen LogP contribution >= 0.6 is 0 Å². The SMILES string of the molecule is O=C(NCc1ccc2c(c1)OCO2)N1CC[C@H](Oc2ccccn2)C1. The lowest BCUT2D eigenvalue weighted by atomic mass is 10.2. The number of carbonyl (C=O) groups excluding carboxylic acids is 1. The van der Waals surface area contributed by atoms with Crippen molar-refractivity contribution in [3.05, 3.63) is 48.2 Å². The van der Waals surface area contributed by atoms with Crippen LogP contribution in [-0.4, -0.2) is 41.9 Å². The Kier molecular flexibility index (Phi) is 4.28. The number of urea groups is 1. The predicted molar refractivity (Wildman–Crippen MR) is 89.6 cm³/mol. The van der Waals surface area contributed by atoms with Crippen molar-refractivity contribution in [2.24, 2.45) is 0 Å². The molecule has 1 N–H and O–H groups in total. The Labute approximate surface area is 145 Å². The molecule has 2 aliphatic rings. The molecular formula is C18H19N3O4. The molecule has 130 valence electrons. The number of carbonyl (C=O) groups is 1. The van der Waals surface area contributed by atoms with Gasteiger partial charge in [0.15, 0.2) is 11.5 Å². The molecule has 7 heteroatoms. The van der Waals surface area contributed by atoms with Gasteiger partial charge in [-0.15, -0.1) is 0 Å². The number of hydrogen-bond acceptors (Lipinski definition) is 5. The summed E-state index contributed by atoms with van der Waals surface area (Å²) in [6.07, 6.45) is 2.47. The van der Waals surface area contributed by atoms with Crippen molar-refractivity contribution >= 4 is 6.03 Å². The highest BCUT2D eigenvalue weighted by molar-refractivity contribution is 5.74. The fraction of sp³-hybridized carbons (Fsp3) is 0.333. The molecule has 1 aromatic carbocycles. The molecule has 0 saturated carbocycles. The van der Waals surface area contributed by atoms with Gasteiger partial charge in [-0.2, -0.15) is 0 Å². The van der Waals surface area contributed by atoms with Crippen molar-refractivity contribution in [2.75, 3.05) is 19.9 Å². The molecular weight excluding hydrogens is 322 g/mol. The van der Waals surface area contributed by atoms with Gasteiger partial charge in [-0.1, -0.05) is 12.1 Å². The molecule has 1 atom stereocenters. The van der Waals surface area contributed by atoms with E-state index in [2.05, 4.69) is 10.3 Å². The topological polar surface area (TPSA) is 72.9 Å². The second-order valence-corrected chi connectivity index (χ2v) is 5.99. The molecule has 0 radical (unpaired) electrons. The summed E-state index contributed by atoms with van der Waals surface area (Å²) in [5.74, 6) is 2.05. The highest BCUT2D eigenvalue weighted by Crippen LogP contribution is 2.32. The smallest absolute Gasteiger partial charge is 0.317 e. The van der Waals surface area contributed by atoms with Crippen molar-refractivity contribution in [3.8, 4) is 17.4 Å². The van der Waals surface area contributed by atoms with Crippen LogP contribution < -0.4 is 19.5 Å². The molecule has 1 aromatic heterocycles. The van der Waals surface area contributed by atoms with Gasteiger partial charge in [-0.3, -0.25) is 0 Å². The molecule has 4 rings (SSSR count). The minimum atomic E-state index is -0.0928. The van der Waals surface area contributed by atoms with Gasteiger partial charge < -0.3 is 24.4 Å². The monoisotopic (exact) mass is 341 g/mol. The van der Waals surface area contributed by atoms with Crippen LogP contribution in [0.1, 0.15) is 12.0 Å². The van der Waals surface area contributed by atoms with Gasteiger partial charge in [0, 0.05) is 31.8 Å². The summed E-state index contributed by atoms with van der Waals surface area (Å²) < 4.78 is 16.4. The van der Waals surface area contributed by atoms with Crippen LogP contribution in [0, 0.1) is 0 Å². The number of pyridine rings is 1. The van der Waals surface area contributed by atoms with Crippen molar-refractivity contribution in [1.82, 2.24) is 15.2 Å². The number of fused-ring (bicyclic) bond motifs is 1. The number of rotatable bonds is 4. The molecule has 0 spiro atoms. The van der Waals surface area contributed by atoms with Crippen LogP contribution in [0.15, 0.2) is 42.6 Å². The van der Waals surface area contributed by atoms with E-state index in [0.717, 1.165) is 23.5 Å². The molecule has 25 heavy (non-hydrogen) atoms. The average Bonchev–Trinajstić information content (AvgIpc) is 3.29. The number of amides is 2. The largest absolute Gasteiger partial charge is 0.472 e. The lowest BCUT2D eigenvalue weighted by Gasteiger charge is -2.17. The number of benzene rings is 1. The molecule has 0 unspecified atom stereocenters. The Hall–Kier alpha value is -2.96. The zero-order chi connectivity index (χ0) is 17.1. The van der Waals surface area contributed by atoms with E-state index in [-0.39, 0.29) is 18.9 Å². The highest BCUT2D eigenvalue weighted by atomic mass is 16.7. The van der Waals surface area contributed by atoms with Gasteiger partial charge in [0.25, 0.3) is 0 Å². The third-order valence-corrected chi connectivity index (χ3v) is 4.24. The molecule has 0 aliphatic carbocycles. The first-order chi connectivity index (χ1) is 12.3. The summed E-state index contributed by atoms with van der Waals surface area (Å²) in [6, 6.07) is 11.1. The minimum Gasteiger partial charge on any atom is -0.472 e. The molecule has 1 fully saturated rings. The lowest BCUT2D eigenvalue weighted by molar-refractivity contribution is 0.174. The Balaban J connectivity index is 1.27. The van der Waals surface area contributed by atoms with Crippen LogP contribution in [0.25, 0.3) is 0 Å². The summed E-state index contributed by atoms with van der Waals surface area (Å²) in [6.45, 7) is 1.92. The van der Waals surface area contributed by atoms with E-state index in [4.69, 9.17) is 14.2 Å². The van der Waals surface area contributed by atoms with Crippen LogP contribution in [0.2, 0.25) is 0 Å². The van der Waals surface area contributed by atoms with Crippen molar-refractivity contribution < 1.29 is 19.0 Å². The molecule has 7 nitrogen and oxygen atoms in total. The second kappa shape index (κ2) is 6.88. The van der Waals surface area contributed by atoms with E-state index in [1.165, 1.54) is 0 Å². The van der Waals surface area contributed by atoms with Gasteiger partial charge in [0.1, 0.15) is 6.10 Å². The first-order valence-corrected chi connectivity index (χ1v) is 8.27. The van der Waals surface area contributed by atoms with E-state index < -0.39 is 0 Å². The molecule has 1 saturated heterocycles. The van der Waals surface area contributed by atoms with Crippen molar-refractivity contribution in [3.63, 3.8) is 0 Å². The van der Waals surface area contributed by atoms with Crippen LogP contribution in [0.5, 0.6) is 17.4 Å². The van der Waals surface area contributed by atoms with E-state index in [1.54, 1.807) is 11.1 Å². The maximum Gasteiger partial charge on any atom is 0.317 e. The summed E-state index contributed by atoms with van der Waals surface area (Å²) in [5.41, 5.74) is 0.970. The summed E-state index contributed by atoms with van der Waals surface area (Å²) >= 11 is 0. The summed E-state index contributed by atoms with van der Waals surface area (Å²) in [7, 11) is 0. The van der Waals surface area contributed by atoms with E-state index >= 15 is 0 Å². The first-order valence-electron chi connectivity index (χ1n) is 8.27. The summed E-state index contributed by atoms with van der Waals surface area (Å²) in [4.78, 5) is 18.3. The van der Waals surface area contributed by atoms with E-state index in [1.807, 2.05) is 36.4 Å². The molecule has 2 aliphatic heterocycles. The van der Waals surface area contributed by atoms with Gasteiger partial charge in [0.2, 0.25) is 12.7 Å². The van der Waals surface area contributed by atoms with Crippen LogP contribution in [0.3, 0.4) is 0 Å². The van der Waals surface area contributed by atoms with Crippen LogP contribution in [0.4, 0.5) is 4.79 Å². The normalized spacial score (nSPS) is 18.2. The fourth-order valence-electron chi connectivity index (χ4n) is 2.94. The molecule has 2 amide bonds.